The summed E-state index contributed by atoms with van der Waals surface area (Å²) in [5.41, 5.74) is 2.06. The van der Waals surface area contributed by atoms with Gasteiger partial charge in [0.05, 0.1) is 47.0 Å². The maximum absolute atomic E-state index is 15.2. The van der Waals surface area contributed by atoms with Gasteiger partial charge in [0.15, 0.2) is 16.8 Å². The Morgan fingerprint density at radius 1 is 1.00 bits per heavy atom. The van der Waals surface area contributed by atoms with Crippen LogP contribution in [0, 0.1) is 5.82 Å². The van der Waals surface area contributed by atoms with Crippen molar-refractivity contribution in [2.24, 2.45) is 7.05 Å². The summed E-state index contributed by atoms with van der Waals surface area (Å²) in [6, 6.07) is 5.72. The van der Waals surface area contributed by atoms with Gasteiger partial charge < -0.3 is 4.74 Å². The number of pyridine rings is 1. The largest absolute Gasteiger partial charge is 0.345 e. The summed E-state index contributed by atoms with van der Waals surface area (Å²) < 4.78 is 49.5. The van der Waals surface area contributed by atoms with Gasteiger partial charge in [-0.2, -0.15) is 19.0 Å². The highest BCUT2D eigenvalue weighted by molar-refractivity contribution is 6.31. The Morgan fingerprint density at radius 2 is 1.84 bits per heavy atom. The lowest BCUT2D eigenvalue weighted by molar-refractivity contribution is -0.130. The van der Waals surface area contributed by atoms with Gasteiger partial charge in [-0.3, -0.25) is 9.67 Å². The number of benzene rings is 1. The van der Waals surface area contributed by atoms with Gasteiger partial charge in [-0.25, -0.2) is 18.7 Å². The molecule has 4 heterocycles. The summed E-state index contributed by atoms with van der Waals surface area (Å²) in [5, 5.41) is 16.1. The fourth-order valence-electron chi connectivity index (χ4n) is 3.98. The maximum Gasteiger partial charge on any atom is 0.345 e. The van der Waals surface area contributed by atoms with Gasteiger partial charge in [-0.05, 0) is 24.6 Å². The Hall–Kier alpha value is -3.81. The molecule has 196 valence electrons. The standard InChI is InChI=1S/C23H18Cl2F3N9O/c1-35-22(30-12-32-35)14-9-31-36(10-14)17(6-7-38-23(27)28)16-4-2-13(8-29-16)20-18(5-3-15(24)21(20)26)37-11-19(25)33-34-37/h2-5,8-12,17,23H,6-7H2,1H3. The highest BCUT2D eigenvalue weighted by Crippen LogP contribution is 2.34. The number of aryl methyl sites for hydroxylation is 1. The number of hydrogen-bond acceptors (Lipinski definition) is 7. The van der Waals surface area contributed by atoms with E-state index in [1.807, 2.05) is 0 Å². The van der Waals surface area contributed by atoms with Crippen molar-refractivity contribution in [1.29, 1.82) is 0 Å². The second-order valence-corrected chi connectivity index (χ2v) is 8.86. The minimum absolute atomic E-state index is 0.0890. The predicted molar refractivity (Wildman–Crippen MR) is 132 cm³/mol. The summed E-state index contributed by atoms with van der Waals surface area (Å²) in [6.45, 7) is -3.15. The number of ether oxygens (including phenoxy) is 1. The average molecular weight is 564 g/mol. The number of nitrogens with zero attached hydrogens (tertiary/aromatic N) is 9. The minimum atomic E-state index is -2.91. The smallest absolute Gasteiger partial charge is 0.323 e. The van der Waals surface area contributed by atoms with Crippen LogP contribution < -0.4 is 0 Å². The van der Waals surface area contributed by atoms with E-state index in [-0.39, 0.29) is 28.8 Å². The first-order chi connectivity index (χ1) is 18.3. The molecule has 0 aliphatic heterocycles. The molecule has 0 bridgehead atoms. The first-order valence-electron chi connectivity index (χ1n) is 11.1. The van der Waals surface area contributed by atoms with Crippen molar-refractivity contribution in [2.75, 3.05) is 6.61 Å². The second-order valence-electron chi connectivity index (χ2n) is 8.07. The fourth-order valence-corrected chi connectivity index (χ4v) is 4.27. The van der Waals surface area contributed by atoms with E-state index in [0.717, 1.165) is 0 Å². The molecule has 10 nitrogen and oxygen atoms in total. The summed E-state index contributed by atoms with van der Waals surface area (Å²) >= 11 is 12.0. The van der Waals surface area contributed by atoms with Crippen LogP contribution in [0.5, 0.6) is 0 Å². The van der Waals surface area contributed by atoms with Crippen molar-refractivity contribution in [3.63, 3.8) is 0 Å². The molecule has 0 fully saturated rings. The molecule has 0 aliphatic rings. The van der Waals surface area contributed by atoms with Crippen molar-refractivity contribution >= 4 is 23.2 Å². The van der Waals surface area contributed by atoms with Gasteiger partial charge in [0.1, 0.15) is 6.33 Å². The molecule has 1 atom stereocenters. The lowest BCUT2D eigenvalue weighted by Crippen LogP contribution is -2.16. The van der Waals surface area contributed by atoms with Crippen LogP contribution in [-0.2, 0) is 11.8 Å². The zero-order valence-electron chi connectivity index (χ0n) is 19.6. The maximum atomic E-state index is 15.2. The van der Waals surface area contributed by atoms with Crippen LogP contribution >= 0.6 is 23.2 Å². The Balaban J connectivity index is 1.51. The minimum Gasteiger partial charge on any atom is -0.323 e. The van der Waals surface area contributed by atoms with Gasteiger partial charge in [0.2, 0.25) is 0 Å². The van der Waals surface area contributed by atoms with Gasteiger partial charge in [-0.15, -0.1) is 5.10 Å². The molecule has 38 heavy (non-hydrogen) atoms. The molecule has 1 unspecified atom stereocenters. The van der Waals surface area contributed by atoms with Crippen LogP contribution in [0.3, 0.4) is 0 Å². The lowest BCUT2D eigenvalue weighted by Gasteiger charge is -2.18. The first-order valence-corrected chi connectivity index (χ1v) is 11.9. The molecule has 0 radical (unpaired) electrons. The molecule has 5 aromatic rings. The third kappa shape index (κ3) is 5.26. The predicted octanol–water partition coefficient (Wildman–Crippen LogP) is 4.99. The quantitative estimate of drug-likeness (QED) is 0.249. The van der Waals surface area contributed by atoms with Crippen molar-refractivity contribution in [3.05, 3.63) is 77.1 Å². The van der Waals surface area contributed by atoms with E-state index < -0.39 is 18.5 Å². The van der Waals surface area contributed by atoms with Crippen molar-refractivity contribution < 1.29 is 17.9 Å². The van der Waals surface area contributed by atoms with Crippen LogP contribution in [-0.4, -0.2) is 57.7 Å². The van der Waals surface area contributed by atoms with Crippen molar-refractivity contribution in [3.8, 4) is 28.2 Å². The summed E-state index contributed by atoms with van der Waals surface area (Å²) in [4.78, 5) is 8.72. The highest BCUT2D eigenvalue weighted by atomic mass is 35.5. The normalized spacial score (nSPS) is 12.4. The highest BCUT2D eigenvalue weighted by Gasteiger charge is 2.21. The zero-order chi connectivity index (χ0) is 26.8. The molecular weight excluding hydrogens is 546 g/mol. The first kappa shape index (κ1) is 25.8. The summed E-state index contributed by atoms with van der Waals surface area (Å²) in [5.74, 6) is -0.0908. The fraction of sp³-hybridized carbons (Fsp3) is 0.217. The molecule has 15 heteroatoms. The van der Waals surface area contributed by atoms with Gasteiger partial charge >= 0.3 is 6.61 Å². The molecule has 0 spiro atoms. The molecule has 1 aromatic carbocycles. The number of alkyl halides is 2. The van der Waals surface area contributed by atoms with Gasteiger partial charge in [-0.1, -0.05) is 34.5 Å². The van der Waals surface area contributed by atoms with E-state index in [1.54, 1.807) is 47.0 Å². The topological polar surface area (TPSA) is 101 Å². The van der Waals surface area contributed by atoms with E-state index in [1.165, 1.54) is 29.5 Å². The Bertz CT molecular complexity index is 1550. The van der Waals surface area contributed by atoms with Crippen LogP contribution in [0.2, 0.25) is 10.2 Å². The molecule has 0 aliphatic carbocycles. The lowest BCUT2D eigenvalue weighted by atomic mass is 10.0. The van der Waals surface area contributed by atoms with E-state index >= 15 is 4.39 Å². The monoisotopic (exact) mass is 563 g/mol. The third-order valence-electron chi connectivity index (χ3n) is 5.73. The number of halogens is 5. The Labute approximate surface area is 223 Å². The van der Waals surface area contributed by atoms with E-state index in [4.69, 9.17) is 23.2 Å². The molecule has 0 saturated carbocycles. The number of hydrogen-bond donors (Lipinski definition) is 0. The Morgan fingerprint density at radius 3 is 2.50 bits per heavy atom. The molecule has 0 saturated heterocycles. The van der Waals surface area contributed by atoms with Crippen LogP contribution in [0.1, 0.15) is 18.2 Å². The zero-order valence-corrected chi connectivity index (χ0v) is 21.1. The molecule has 0 N–H and O–H groups in total. The molecule has 0 amide bonds. The third-order valence-corrected chi connectivity index (χ3v) is 6.19. The van der Waals surface area contributed by atoms with Gasteiger partial charge in [0.25, 0.3) is 0 Å². The van der Waals surface area contributed by atoms with Crippen LogP contribution in [0.15, 0.2) is 55.4 Å². The van der Waals surface area contributed by atoms with E-state index in [2.05, 4.69) is 35.2 Å². The summed E-state index contributed by atoms with van der Waals surface area (Å²) in [7, 11) is 1.74. The van der Waals surface area contributed by atoms with Gasteiger partial charge in [0, 0.05) is 30.6 Å². The van der Waals surface area contributed by atoms with Crippen molar-refractivity contribution in [2.45, 2.75) is 19.1 Å². The Kier molecular flexibility index (Phi) is 7.40. The van der Waals surface area contributed by atoms with E-state index in [9.17, 15) is 8.78 Å². The molecule has 4 aromatic heterocycles. The second kappa shape index (κ2) is 10.9. The van der Waals surface area contributed by atoms with Crippen LogP contribution in [0.4, 0.5) is 13.2 Å². The molecule has 5 rings (SSSR count). The van der Waals surface area contributed by atoms with Crippen LogP contribution in [0.25, 0.3) is 28.2 Å². The summed E-state index contributed by atoms with van der Waals surface area (Å²) in [6.07, 6.45) is 7.76. The molecular formula is C23H18Cl2F3N9O. The number of rotatable bonds is 9. The SMILES string of the molecule is Cn1ncnc1-c1cnn(C(CCOC(F)F)c2ccc(-c3c(-n4cc(Cl)nn4)ccc(Cl)c3F)cn2)c1. The number of aromatic nitrogens is 9. The average Bonchev–Trinajstić information content (AvgIpc) is 3.65. The van der Waals surface area contributed by atoms with E-state index in [0.29, 0.717) is 28.3 Å². The van der Waals surface area contributed by atoms with Crippen molar-refractivity contribution in [1.82, 2.24) is 44.5 Å².